The lowest BCUT2D eigenvalue weighted by Gasteiger charge is -2.24. The van der Waals surface area contributed by atoms with E-state index in [0.29, 0.717) is 0 Å². The van der Waals surface area contributed by atoms with Gasteiger partial charge in [0.05, 0.1) is 6.04 Å². The van der Waals surface area contributed by atoms with Crippen LogP contribution in [0, 0.1) is 0 Å². The molecule has 31 heavy (non-hydrogen) atoms. The molecule has 0 aromatic rings. The van der Waals surface area contributed by atoms with Crippen molar-refractivity contribution in [3.63, 3.8) is 0 Å². The van der Waals surface area contributed by atoms with E-state index in [4.69, 9.17) is 32.5 Å². The Labute approximate surface area is 176 Å². The maximum Gasteiger partial charge on any atom is 0.327 e. The fraction of sp³-hybridized carbons (Fsp3) is 0.625. The van der Waals surface area contributed by atoms with Gasteiger partial charge in [-0.2, -0.15) is 0 Å². The number of nitrogens with two attached hydrogens (primary N) is 3. The highest BCUT2D eigenvalue weighted by Crippen LogP contribution is 2.02. The molecule has 15 heteroatoms. The number of hydrogen-bond acceptors (Lipinski definition) is 9. The third-order valence-corrected chi connectivity index (χ3v) is 4.00. The summed E-state index contributed by atoms with van der Waals surface area (Å²) in [6, 6.07) is -5.52. The summed E-state index contributed by atoms with van der Waals surface area (Å²) in [7, 11) is 0. The molecule has 0 bridgehead atoms. The SMILES string of the molecule is NC[C@@H](NC(=O)[C@@H](CN)NC(=O)[C@@H](CCC(=O)O)NC(=O)[C@H](N)CCC(=O)O)C(=O)O. The zero-order chi connectivity index (χ0) is 24.1. The molecule has 0 unspecified atom stereocenters. The van der Waals surface area contributed by atoms with Crippen molar-refractivity contribution in [3.8, 4) is 0 Å². The van der Waals surface area contributed by atoms with Gasteiger partial charge in [-0.25, -0.2) is 4.79 Å². The minimum absolute atomic E-state index is 0.224. The van der Waals surface area contributed by atoms with Gasteiger partial charge in [0.25, 0.3) is 0 Å². The van der Waals surface area contributed by atoms with E-state index in [1.165, 1.54) is 0 Å². The molecule has 176 valence electrons. The van der Waals surface area contributed by atoms with Crippen molar-refractivity contribution in [3.05, 3.63) is 0 Å². The molecule has 0 fully saturated rings. The number of carboxylic acid groups (broad SMARTS) is 3. The van der Waals surface area contributed by atoms with E-state index < -0.39 is 85.7 Å². The van der Waals surface area contributed by atoms with Crippen LogP contribution in [0.5, 0.6) is 0 Å². The Morgan fingerprint density at radius 1 is 0.645 bits per heavy atom. The Balaban J connectivity index is 5.21. The van der Waals surface area contributed by atoms with Gasteiger partial charge in [-0.3, -0.25) is 24.0 Å². The van der Waals surface area contributed by atoms with Gasteiger partial charge < -0.3 is 48.5 Å². The van der Waals surface area contributed by atoms with Crippen LogP contribution in [0.15, 0.2) is 0 Å². The average molecular weight is 448 g/mol. The van der Waals surface area contributed by atoms with E-state index >= 15 is 0 Å². The molecule has 0 aliphatic rings. The Bertz CT molecular complexity index is 686. The summed E-state index contributed by atoms with van der Waals surface area (Å²) in [6.07, 6.45) is -1.51. The first-order valence-electron chi connectivity index (χ1n) is 9.16. The van der Waals surface area contributed by atoms with Crippen molar-refractivity contribution in [2.24, 2.45) is 17.2 Å². The van der Waals surface area contributed by atoms with E-state index in [1.54, 1.807) is 0 Å². The third kappa shape index (κ3) is 10.9. The second-order valence-electron chi connectivity index (χ2n) is 6.46. The number of aliphatic carboxylic acids is 3. The van der Waals surface area contributed by atoms with Crippen molar-refractivity contribution < 1.29 is 44.1 Å². The fourth-order valence-corrected chi connectivity index (χ4v) is 2.22. The van der Waals surface area contributed by atoms with Gasteiger partial charge >= 0.3 is 17.9 Å². The van der Waals surface area contributed by atoms with Crippen molar-refractivity contribution in [2.75, 3.05) is 13.1 Å². The van der Waals surface area contributed by atoms with Gasteiger partial charge in [-0.15, -0.1) is 0 Å². The smallest absolute Gasteiger partial charge is 0.327 e. The predicted molar refractivity (Wildman–Crippen MR) is 103 cm³/mol. The number of rotatable bonds is 15. The largest absolute Gasteiger partial charge is 0.481 e. The summed E-state index contributed by atoms with van der Waals surface area (Å²) in [5.74, 6) is -6.66. The molecular formula is C16H28N6O9. The van der Waals surface area contributed by atoms with Crippen molar-refractivity contribution >= 4 is 35.6 Å². The fourth-order valence-electron chi connectivity index (χ4n) is 2.22. The summed E-state index contributed by atoms with van der Waals surface area (Å²) in [5, 5.41) is 32.9. The number of carboxylic acids is 3. The van der Waals surface area contributed by atoms with Crippen LogP contribution in [0.25, 0.3) is 0 Å². The molecule has 0 rings (SSSR count). The van der Waals surface area contributed by atoms with Crippen LogP contribution in [0.3, 0.4) is 0 Å². The highest BCUT2D eigenvalue weighted by atomic mass is 16.4. The zero-order valence-corrected chi connectivity index (χ0v) is 16.6. The van der Waals surface area contributed by atoms with Gasteiger partial charge in [0.2, 0.25) is 17.7 Å². The van der Waals surface area contributed by atoms with Crippen LogP contribution in [0.2, 0.25) is 0 Å². The Hall–Kier alpha value is -3.30. The maximum atomic E-state index is 12.5. The molecule has 0 spiro atoms. The summed E-state index contributed by atoms with van der Waals surface area (Å²) >= 11 is 0. The van der Waals surface area contributed by atoms with Gasteiger partial charge in [-0.1, -0.05) is 0 Å². The first kappa shape index (κ1) is 27.7. The molecule has 3 amide bonds. The van der Waals surface area contributed by atoms with Gasteiger partial charge in [-0.05, 0) is 12.8 Å². The molecule has 4 atom stereocenters. The first-order valence-corrected chi connectivity index (χ1v) is 9.16. The summed E-state index contributed by atoms with van der Waals surface area (Å²) in [6.45, 7) is -0.857. The Kier molecular flexibility index (Phi) is 12.4. The van der Waals surface area contributed by atoms with Crippen molar-refractivity contribution in [1.82, 2.24) is 16.0 Å². The normalized spacial score (nSPS) is 14.4. The van der Waals surface area contributed by atoms with Crippen LogP contribution in [0.4, 0.5) is 0 Å². The average Bonchev–Trinajstić information content (AvgIpc) is 2.70. The molecular weight excluding hydrogens is 420 g/mol. The molecule has 0 aromatic carbocycles. The molecule has 0 aromatic heterocycles. The topological polar surface area (TPSA) is 277 Å². The van der Waals surface area contributed by atoms with E-state index in [9.17, 15) is 28.8 Å². The van der Waals surface area contributed by atoms with Gasteiger partial charge in [0.15, 0.2) is 0 Å². The number of carbonyl (C=O) groups excluding carboxylic acids is 3. The maximum absolute atomic E-state index is 12.5. The monoisotopic (exact) mass is 448 g/mol. The molecule has 0 aliphatic heterocycles. The molecule has 15 nitrogen and oxygen atoms in total. The zero-order valence-electron chi connectivity index (χ0n) is 16.6. The minimum Gasteiger partial charge on any atom is -0.481 e. The third-order valence-electron chi connectivity index (χ3n) is 4.00. The lowest BCUT2D eigenvalue weighted by atomic mass is 10.1. The second-order valence-corrected chi connectivity index (χ2v) is 6.46. The number of carbonyl (C=O) groups is 6. The summed E-state index contributed by atoms with van der Waals surface area (Å²) < 4.78 is 0. The number of hydrogen-bond donors (Lipinski definition) is 9. The summed E-state index contributed by atoms with van der Waals surface area (Å²) in [4.78, 5) is 69.2. The molecule has 0 saturated carbocycles. The molecule has 0 aliphatic carbocycles. The number of amides is 3. The second kappa shape index (κ2) is 13.8. The quantitative estimate of drug-likeness (QED) is 0.115. The standard InChI is InChI=1S/C16H28N6O9/c17-5-9(15(29)22-10(6-18)16(30)31)21-14(28)8(2-4-12(25)26)20-13(27)7(19)1-3-11(23)24/h7-10H,1-6,17-19H2,(H,20,27)(H,21,28)(H,22,29)(H,23,24)(H,25,26)(H,30,31)/t7-,8-,9-,10-/m1/s1. The Morgan fingerprint density at radius 3 is 1.52 bits per heavy atom. The lowest BCUT2D eigenvalue weighted by molar-refractivity contribution is -0.142. The molecule has 0 saturated heterocycles. The Morgan fingerprint density at radius 2 is 1.06 bits per heavy atom. The van der Waals surface area contributed by atoms with E-state index in [-0.39, 0.29) is 12.8 Å². The minimum atomic E-state index is -1.42. The molecule has 0 radical (unpaired) electrons. The lowest BCUT2D eigenvalue weighted by Crippen LogP contribution is -2.59. The van der Waals surface area contributed by atoms with Crippen molar-refractivity contribution in [1.29, 1.82) is 0 Å². The van der Waals surface area contributed by atoms with Gasteiger partial charge in [0, 0.05) is 25.9 Å². The number of nitrogens with one attached hydrogen (secondary N) is 3. The van der Waals surface area contributed by atoms with Gasteiger partial charge in [0.1, 0.15) is 18.1 Å². The summed E-state index contributed by atoms with van der Waals surface area (Å²) in [5.41, 5.74) is 16.3. The van der Waals surface area contributed by atoms with E-state index in [1.807, 2.05) is 0 Å². The molecule has 0 heterocycles. The van der Waals surface area contributed by atoms with Crippen LogP contribution >= 0.6 is 0 Å². The highest BCUT2D eigenvalue weighted by molar-refractivity contribution is 5.94. The van der Waals surface area contributed by atoms with Crippen molar-refractivity contribution in [2.45, 2.75) is 49.9 Å². The predicted octanol–water partition coefficient (Wildman–Crippen LogP) is -4.50. The van der Waals surface area contributed by atoms with Crippen LogP contribution in [-0.4, -0.2) is 88.2 Å². The van der Waals surface area contributed by atoms with Crippen LogP contribution in [-0.2, 0) is 28.8 Å². The van der Waals surface area contributed by atoms with Crippen LogP contribution < -0.4 is 33.2 Å². The van der Waals surface area contributed by atoms with E-state index in [2.05, 4.69) is 16.0 Å². The first-order chi connectivity index (χ1) is 14.4. The highest BCUT2D eigenvalue weighted by Gasteiger charge is 2.29. The van der Waals surface area contributed by atoms with E-state index in [0.717, 1.165) is 0 Å². The molecule has 12 N–H and O–H groups in total. The van der Waals surface area contributed by atoms with Crippen LogP contribution in [0.1, 0.15) is 25.7 Å².